The molecule has 0 saturated carbocycles. The van der Waals surface area contributed by atoms with Crippen molar-refractivity contribution in [3.05, 3.63) is 35.6 Å². The second-order valence-electron chi connectivity index (χ2n) is 4.34. The molecule has 4 heteroatoms. The van der Waals surface area contributed by atoms with E-state index in [4.69, 9.17) is 5.11 Å². The van der Waals surface area contributed by atoms with Gasteiger partial charge in [0.25, 0.3) is 0 Å². The molecule has 0 saturated heterocycles. The monoisotopic (exact) mass is 255 g/mol. The van der Waals surface area contributed by atoms with Crippen LogP contribution in [0.5, 0.6) is 0 Å². The van der Waals surface area contributed by atoms with Gasteiger partial charge in [0.15, 0.2) is 0 Å². The first-order valence-electron chi connectivity index (χ1n) is 6.44. The summed E-state index contributed by atoms with van der Waals surface area (Å²) in [6.45, 7) is 4.58. The van der Waals surface area contributed by atoms with Gasteiger partial charge in [-0.25, -0.2) is 4.39 Å². The van der Waals surface area contributed by atoms with Crippen LogP contribution in [0.2, 0.25) is 0 Å². The summed E-state index contributed by atoms with van der Waals surface area (Å²) in [5.74, 6) is -0.358. The van der Waals surface area contributed by atoms with Crippen molar-refractivity contribution in [1.29, 1.82) is 0 Å². The zero-order chi connectivity index (χ0) is 13.4. The van der Waals surface area contributed by atoms with Crippen molar-refractivity contribution >= 4 is 0 Å². The van der Waals surface area contributed by atoms with Gasteiger partial charge in [0.1, 0.15) is 5.82 Å². The van der Waals surface area contributed by atoms with Gasteiger partial charge in [-0.2, -0.15) is 0 Å². The van der Waals surface area contributed by atoms with E-state index >= 15 is 0 Å². The smallest absolute Gasteiger partial charge is 0.128 e. The molecule has 18 heavy (non-hydrogen) atoms. The van der Waals surface area contributed by atoms with E-state index in [-0.39, 0.29) is 12.4 Å². The fourth-order valence-corrected chi connectivity index (χ4v) is 1.93. The fourth-order valence-electron chi connectivity index (χ4n) is 1.93. The Morgan fingerprint density at radius 2 is 2.00 bits per heavy atom. The summed E-state index contributed by atoms with van der Waals surface area (Å²) in [5.41, 5.74) is 0.357. The van der Waals surface area contributed by atoms with Gasteiger partial charge in [-0.1, -0.05) is 25.1 Å². The van der Waals surface area contributed by atoms with Crippen LogP contribution in [0.4, 0.5) is 4.39 Å². The average molecular weight is 255 g/mol. The van der Waals surface area contributed by atoms with Crippen molar-refractivity contribution in [2.24, 2.45) is 0 Å². The van der Waals surface area contributed by atoms with Crippen molar-refractivity contribution in [3.8, 4) is 0 Å². The minimum Gasteiger partial charge on any atom is -0.396 e. The lowest BCUT2D eigenvalue weighted by Gasteiger charge is -2.21. The first-order valence-corrected chi connectivity index (χ1v) is 6.44. The summed E-state index contributed by atoms with van der Waals surface area (Å²) in [4.78, 5) is 2.14. The van der Waals surface area contributed by atoms with E-state index in [1.807, 2.05) is 6.92 Å². The number of aliphatic hydroxyl groups excluding tert-OH is 2. The highest BCUT2D eigenvalue weighted by atomic mass is 19.1. The quantitative estimate of drug-likeness (QED) is 0.746. The highest BCUT2D eigenvalue weighted by Gasteiger charge is 2.13. The van der Waals surface area contributed by atoms with E-state index in [2.05, 4.69) is 4.90 Å². The molecule has 0 aliphatic carbocycles. The molecule has 0 aliphatic heterocycles. The molecule has 1 rings (SSSR count). The topological polar surface area (TPSA) is 43.7 Å². The van der Waals surface area contributed by atoms with E-state index in [1.165, 1.54) is 6.07 Å². The molecule has 0 spiro atoms. The first kappa shape index (κ1) is 15.1. The Morgan fingerprint density at radius 1 is 1.28 bits per heavy atom. The Bertz CT molecular complexity index is 346. The summed E-state index contributed by atoms with van der Waals surface area (Å²) in [6.07, 6.45) is 0.457. The van der Waals surface area contributed by atoms with Crippen LogP contribution in [0.15, 0.2) is 24.3 Å². The van der Waals surface area contributed by atoms with E-state index < -0.39 is 6.10 Å². The molecule has 1 atom stereocenters. The van der Waals surface area contributed by atoms with Gasteiger partial charge >= 0.3 is 0 Å². The minimum absolute atomic E-state index is 0.173. The summed E-state index contributed by atoms with van der Waals surface area (Å²) in [7, 11) is 0. The normalized spacial score (nSPS) is 12.9. The number of aliphatic hydroxyl groups is 2. The molecule has 0 amide bonds. The number of hydrogen-bond donors (Lipinski definition) is 2. The van der Waals surface area contributed by atoms with E-state index in [9.17, 15) is 9.50 Å². The number of rotatable bonds is 8. The summed E-state index contributed by atoms with van der Waals surface area (Å²) in [6, 6.07) is 6.32. The molecule has 2 N–H and O–H groups in total. The van der Waals surface area contributed by atoms with Crippen LogP contribution in [0.1, 0.15) is 31.4 Å². The van der Waals surface area contributed by atoms with Crippen LogP contribution in [0, 0.1) is 5.82 Å². The summed E-state index contributed by atoms with van der Waals surface area (Å²) < 4.78 is 13.4. The molecule has 0 aliphatic rings. The number of hydrogen-bond acceptors (Lipinski definition) is 3. The zero-order valence-corrected chi connectivity index (χ0v) is 10.8. The molecule has 102 valence electrons. The Hall–Kier alpha value is -0.970. The predicted octanol–water partition coefficient (Wildman–Crippen LogP) is 1.95. The van der Waals surface area contributed by atoms with Gasteiger partial charge in [0, 0.05) is 25.3 Å². The molecule has 1 unspecified atom stereocenters. The van der Waals surface area contributed by atoms with Gasteiger partial charge in [0.05, 0.1) is 6.10 Å². The molecule has 0 fully saturated rings. The molecular weight excluding hydrogens is 233 g/mol. The third-order valence-corrected chi connectivity index (χ3v) is 3.06. The van der Waals surface area contributed by atoms with Crippen molar-refractivity contribution in [3.63, 3.8) is 0 Å². The molecular formula is C14H22FNO2. The van der Waals surface area contributed by atoms with Gasteiger partial charge in [-0.05, 0) is 25.5 Å². The molecule has 0 aromatic heterocycles. The van der Waals surface area contributed by atoms with Crippen molar-refractivity contribution in [2.75, 3.05) is 26.2 Å². The third kappa shape index (κ3) is 4.72. The first-order chi connectivity index (χ1) is 8.69. The molecule has 1 aromatic carbocycles. The van der Waals surface area contributed by atoms with Crippen molar-refractivity contribution < 1.29 is 14.6 Å². The summed E-state index contributed by atoms with van der Waals surface area (Å²) in [5, 5.41) is 18.7. The number of halogens is 1. The van der Waals surface area contributed by atoms with Gasteiger partial charge in [-0.3, -0.25) is 0 Å². The van der Waals surface area contributed by atoms with Crippen LogP contribution in [0.25, 0.3) is 0 Å². The van der Waals surface area contributed by atoms with Crippen LogP contribution in [0.3, 0.4) is 0 Å². The maximum atomic E-state index is 13.4. The maximum absolute atomic E-state index is 13.4. The van der Waals surface area contributed by atoms with Crippen LogP contribution in [-0.2, 0) is 0 Å². The lowest BCUT2D eigenvalue weighted by molar-refractivity contribution is 0.136. The van der Waals surface area contributed by atoms with E-state index in [0.29, 0.717) is 18.5 Å². The lowest BCUT2D eigenvalue weighted by Crippen LogP contribution is -2.27. The van der Waals surface area contributed by atoms with Crippen molar-refractivity contribution in [1.82, 2.24) is 4.90 Å². The average Bonchev–Trinajstić information content (AvgIpc) is 2.39. The van der Waals surface area contributed by atoms with Gasteiger partial charge < -0.3 is 15.1 Å². The van der Waals surface area contributed by atoms with E-state index in [1.54, 1.807) is 18.2 Å². The molecule has 0 bridgehead atoms. The second-order valence-corrected chi connectivity index (χ2v) is 4.34. The Labute approximate surface area is 108 Å². The molecule has 0 heterocycles. The van der Waals surface area contributed by atoms with Crippen LogP contribution in [-0.4, -0.2) is 41.4 Å². The van der Waals surface area contributed by atoms with Gasteiger partial charge in [0.2, 0.25) is 0 Å². The maximum Gasteiger partial charge on any atom is 0.128 e. The standard InChI is InChI=1S/C14H22FNO2/c1-2-16(9-5-11-17)10-8-14(18)12-6-3-4-7-13(12)15/h3-4,6-7,14,17-18H,2,5,8-11H2,1H3. The Balaban J connectivity index is 2.44. The zero-order valence-electron chi connectivity index (χ0n) is 10.8. The van der Waals surface area contributed by atoms with Crippen molar-refractivity contribution in [2.45, 2.75) is 25.9 Å². The predicted molar refractivity (Wildman–Crippen MR) is 69.8 cm³/mol. The van der Waals surface area contributed by atoms with E-state index in [0.717, 1.165) is 19.5 Å². The number of nitrogens with zero attached hydrogens (tertiary/aromatic N) is 1. The minimum atomic E-state index is -0.769. The van der Waals surface area contributed by atoms with Crippen LogP contribution < -0.4 is 0 Å². The van der Waals surface area contributed by atoms with Gasteiger partial charge in [-0.15, -0.1) is 0 Å². The lowest BCUT2D eigenvalue weighted by atomic mass is 10.1. The highest BCUT2D eigenvalue weighted by molar-refractivity contribution is 5.19. The number of benzene rings is 1. The fraction of sp³-hybridized carbons (Fsp3) is 0.571. The molecule has 3 nitrogen and oxygen atoms in total. The highest BCUT2D eigenvalue weighted by Crippen LogP contribution is 2.19. The third-order valence-electron chi connectivity index (χ3n) is 3.06. The SMILES string of the molecule is CCN(CCCO)CCC(O)c1ccccc1F. The molecule has 1 aromatic rings. The Morgan fingerprint density at radius 3 is 2.61 bits per heavy atom. The molecule has 0 radical (unpaired) electrons. The largest absolute Gasteiger partial charge is 0.396 e. The van der Waals surface area contributed by atoms with Crippen LogP contribution >= 0.6 is 0 Å². The summed E-state index contributed by atoms with van der Waals surface area (Å²) >= 11 is 0. The Kier molecular flexibility index (Phi) is 6.86. The second kappa shape index (κ2) is 8.19.